The van der Waals surface area contributed by atoms with Crippen molar-refractivity contribution in [1.82, 2.24) is 4.98 Å². The normalized spacial score (nSPS) is 23.2. The van der Waals surface area contributed by atoms with Gasteiger partial charge in [-0.2, -0.15) is 0 Å². The largest absolute Gasteiger partial charge is 0.352 e. The summed E-state index contributed by atoms with van der Waals surface area (Å²) in [5, 5.41) is 1.21. The Morgan fingerprint density at radius 1 is 1.37 bits per heavy atom. The van der Waals surface area contributed by atoms with Crippen molar-refractivity contribution >= 4 is 16.7 Å². The fraction of sp³-hybridized carbons (Fsp3) is 0.438. The Bertz CT molecular complexity index is 594. The van der Waals surface area contributed by atoms with E-state index in [-0.39, 0.29) is 0 Å². The van der Waals surface area contributed by atoms with Crippen LogP contribution in [0.15, 0.2) is 30.3 Å². The number of nitrogens with two attached hydrogens (primary N) is 1. The van der Waals surface area contributed by atoms with E-state index in [1.165, 1.54) is 17.4 Å². The molecule has 2 atom stereocenters. The van der Waals surface area contributed by atoms with Crippen molar-refractivity contribution in [1.29, 1.82) is 0 Å². The minimum atomic E-state index is 0.423. The summed E-state index contributed by atoms with van der Waals surface area (Å²) in [6.07, 6.45) is 1.20. The highest BCUT2D eigenvalue weighted by atomic mass is 15.2. The number of benzene rings is 1. The maximum Gasteiger partial charge on any atom is 0.132 e. The van der Waals surface area contributed by atoms with Crippen molar-refractivity contribution in [2.24, 2.45) is 11.7 Å². The zero-order chi connectivity index (χ0) is 13.4. The van der Waals surface area contributed by atoms with E-state index in [1.54, 1.807) is 0 Å². The molecule has 0 saturated carbocycles. The number of rotatable bonds is 2. The number of hydrogen-bond donors (Lipinski definition) is 1. The molecule has 0 bridgehead atoms. The smallest absolute Gasteiger partial charge is 0.132 e. The lowest BCUT2D eigenvalue weighted by molar-refractivity contribution is 0.517. The van der Waals surface area contributed by atoms with Crippen molar-refractivity contribution in [3.8, 4) is 0 Å². The summed E-state index contributed by atoms with van der Waals surface area (Å²) >= 11 is 0. The molecule has 100 valence electrons. The maximum absolute atomic E-state index is 5.95. The van der Waals surface area contributed by atoms with Crippen molar-refractivity contribution in [3.05, 3.63) is 35.9 Å². The van der Waals surface area contributed by atoms with Crippen LogP contribution in [0.2, 0.25) is 0 Å². The summed E-state index contributed by atoms with van der Waals surface area (Å²) in [5.74, 6) is 1.76. The average Bonchev–Trinajstić information content (AvgIpc) is 2.78. The van der Waals surface area contributed by atoms with Crippen LogP contribution in [0.4, 0.5) is 5.82 Å². The summed E-state index contributed by atoms with van der Waals surface area (Å²) < 4.78 is 0. The molecule has 2 heterocycles. The van der Waals surface area contributed by atoms with Gasteiger partial charge in [0.05, 0.1) is 5.52 Å². The topological polar surface area (TPSA) is 42.2 Å². The zero-order valence-corrected chi connectivity index (χ0v) is 11.6. The van der Waals surface area contributed by atoms with Gasteiger partial charge in [0.1, 0.15) is 5.82 Å². The number of para-hydroxylation sites is 1. The maximum atomic E-state index is 5.95. The number of anilines is 1. The zero-order valence-electron chi connectivity index (χ0n) is 11.6. The molecule has 3 heteroatoms. The first-order valence-corrected chi connectivity index (χ1v) is 7.04. The Labute approximate surface area is 114 Å². The van der Waals surface area contributed by atoms with Crippen molar-refractivity contribution in [2.75, 3.05) is 18.0 Å². The molecule has 1 saturated heterocycles. The van der Waals surface area contributed by atoms with E-state index in [2.05, 4.69) is 43.0 Å². The monoisotopic (exact) mass is 255 g/mol. The van der Waals surface area contributed by atoms with E-state index in [9.17, 15) is 0 Å². The van der Waals surface area contributed by atoms with Crippen LogP contribution in [-0.4, -0.2) is 24.1 Å². The number of hydrogen-bond acceptors (Lipinski definition) is 3. The second kappa shape index (κ2) is 4.82. The van der Waals surface area contributed by atoms with Crippen LogP contribution >= 0.6 is 0 Å². The lowest BCUT2D eigenvalue weighted by atomic mass is 10.0. The van der Waals surface area contributed by atoms with Crippen LogP contribution in [0.3, 0.4) is 0 Å². The van der Waals surface area contributed by atoms with Gasteiger partial charge in [-0.15, -0.1) is 0 Å². The third-order valence-electron chi connectivity index (χ3n) is 4.28. The third-order valence-corrected chi connectivity index (χ3v) is 4.28. The second-order valence-corrected chi connectivity index (χ2v) is 5.58. The third kappa shape index (κ3) is 2.08. The van der Waals surface area contributed by atoms with Gasteiger partial charge in [-0.25, -0.2) is 4.98 Å². The van der Waals surface area contributed by atoms with Crippen LogP contribution in [0.25, 0.3) is 10.9 Å². The highest BCUT2D eigenvalue weighted by Crippen LogP contribution is 2.31. The lowest BCUT2D eigenvalue weighted by Crippen LogP contribution is -2.39. The molecule has 2 aromatic rings. The van der Waals surface area contributed by atoms with Crippen LogP contribution < -0.4 is 10.6 Å². The van der Waals surface area contributed by atoms with E-state index in [1.807, 2.05) is 6.07 Å². The van der Waals surface area contributed by atoms with Gasteiger partial charge in [0.2, 0.25) is 0 Å². The van der Waals surface area contributed by atoms with E-state index < -0.39 is 0 Å². The van der Waals surface area contributed by atoms with Gasteiger partial charge >= 0.3 is 0 Å². The van der Waals surface area contributed by atoms with Crippen LogP contribution in [0.1, 0.15) is 18.9 Å². The first kappa shape index (κ1) is 12.4. The average molecular weight is 255 g/mol. The van der Waals surface area contributed by atoms with Gasteiger partial charge in [0.25, 0.3) is 0 Å². The Morgan fingerprint density at radius 3 is 2.95 bits per heavy atom. The molecule has 1 aliphatic heterocycles. The highest BCUT2D eigenvalue weighted by Gasteiger charge is 2.31. The number of aryl methyl sites for hydroxylation is 1. The molecular formula is C16H21N3. The molecule has 1 fully saturated rings. The molecule has 3 rings (SSSR count). The van der Waals surface area contributed by atoms with E-state index in [4.69, 9.17) is 10.7 Å². The SMILES string of the molecule is Cc1cc2ccccc2nc1N1CCC(C)C1CN. The van der Waals surface area contributed by atoms with Crippen LogP contribution in [-0.2, 0) is 0 Å². The molecule has 0 amide bonds. The molecule has 1 aliphatic rings. The molecular weight excluding hydrogens is 234 g/mol. The van der Waals surface area contributed by atoms with Gasteiger partial charge in [-0.05, 0) is 37.0 Å². The molecule has 0 radical (unpaired) electrons. The Balaban J connectivity index is 2.07. The van der Waals surface area contributed by atoms with Crippen LogP contribution in [0, 0.1) is 12.8 Å². The van der Waals surface area contributed by atoms with E-state index in [0.717, 1.165) is 17.9 Å². The molecule has 3 nitrogen and oxygen atoms in total. The molecule has 0 aliphatic carbocycles. The van der Waals surface area contributed by atoms with Gasteiger partial charge in [-0.1, -0.05) is 25.1 Å². The summed E-state index contributed by atoms with van der Waals surface area (Å²) in [5.41, 5.74) is 8.26. The summed E-state index contributed by atoms with van der Waals surface area (Å²) in [6.45, 7) is 6.20. The first-order chi connectivity index (χ1) is 9.20. The quantitative estimate of drug-likeness (QED) is 0.897. The van der Waals surface area contributed by atoms with Crippen LogP contribution in [0.5, 0.6) is 0 Å². The lowest BCUT2D eigenvalue weighted by Gasteiger charge is -2.28. The molecule has 1 aromatic carbocycles. The minimum Gasteiger partial charge on any atom is -0.352 e. The first-order valence-electron chi connectivity index (χ1n) is 7.04. The second-order valence-electron chi connectivity index (χ2n) is 5.58. The summed E-state index contributed by atoms with van der Waals surface area (Å²) in [4.78, 5) is 7.26. The number of nitrogens with zero attached hydrogens (tertiary/aromatic N) is 2. The number of fused-ring (bicyclic) bond motifs is 1. The standard InChI is InChI=1S/C16H21N3/c1-11-7-8-19(15(11)10-17)16-12(2)9-13-5-3-4-6-14(13)18-16/h3-6,9,11,15H,7-8,10,17H2,1-2H3. The van der Waals surface area contributed by atoms with Gasteiger partial charge in [0.15, 0.2) is 0 Å². The van der Waals surface area contributed by atoms with Gasteiger partial charge in [0, 0.05) is 24.5 Å². The number of pyridine rings is 1. The summed E-state index contributed by atoms with van der Waals surface area (Å²) in [7, 11) is 0. The fourth-order valence-electron chi connectivity index (χ4n) is 3.13. The summed E-state index contributed by atoms with van der Waals surface area (Å²) in [6, 6.07) is 11.0. The molecule has 2 N–H and O–H groups in total. The van der Waals surface area contributed by atoms with E-state index >= 15 is 0 Å². The molecule has 19 heavy (non-hydrogen) atoms. The Hall–Kier alpha value is -1.61. The molecule has 2 unspecified atom stereocenters. The Morgan fingerprint density at radius 2 is 2.16 bits per heavy atom. The number of aromatic nitrogens is 1. The van der Waals surface area contributed by atoms with Gasteiger partial charge < -0.3 is 10.6 Å². The highest BCUT2D eigenvalue weighted by molar-refractivity contribution is 5.81. The predicted molar refractivity (Wildman–Crippen MR) is 80.4 cm³/mol. The van der Waals surface area contributed by atoms with Crippen molar-refractivity contribution in [2.45, 2.75) is 26.3 Å². The Kier molecular flexibility index (Phi) is 3.15. The minimum absolute atomic E-state index is 0.423. The van der Waals surface area contributed by atoms with E-state index in [0.29, 0.717) is 18.5 Å². The van der Waals surface area contributed by atoms with Crippen molar-refractivity contribution < 1.29 is 0 Å². The predicted octanol–water partition coefficient (Wildman–Crippen LogP) is 2.72. The molecule has 0 spiro atoms. The fourth-order valence-corrected chi connectivity index (χ4v) is 3.13. The van der Waals surface area contributed by atoms with Gasteiger partial charge in [-0.3, -0.25) is 0 Å². The molecule has 1 aromatic heterocycles. The van der Waals surface area contributed by atoms with Crippen molar-refractivity contribution in [3.63, 3.8) is 0 Å².